The Morgan fingerprint density at radius 2 is 2.29 bits per heavy atom. The maximum Gasteiger partial charge on any atom is 0.355 e. The average molecular weight is 257 g/mol. The molecule has 17 heavy (non-hydrogen) atoms. The van der Waals surface area contributed by atoms with E-state index in [0.29, 0.717) is 5.01 Å². The lowest BCUT2D eigenvalue weighted by Gasteiger charge is -2.11. The fourth-order valence-electron chi connectivity index (χ4n) is 1.02. The molecule has 0 aliphatic carbocycles. The second-order valence-corrected chi connectivity index (χ2v) is 4.51. The van der Waals surface area contributed by atoms with Gasteiger partial charge in [0.2, 0.25) is 0 Å². The van der Waals surface area contributed by atoms with Crippen molar-refractivity contribution >= 4 is 23.3 Å². The van der Waals surface area contributed by atoms with E-state index in [1.807, 2.05) is 13.8 Å². The van der Waals surface area contributed by atoms with E-state index in [1.165, 1.54) is 16.7 Å². The molecule has 0 saturated heterocycles. The van der Waals surface area contributed by atoms with Crippen LogP contribution >= 0.6 is 11.3 Å². The van der Waals surface area contributed by atoms with Crippen molar-refractivity contribution in [1.29, 1.82) is 0 Å². The number of amides is 2. The maximum absolute atomic E-state index is 11.4. The number of nitrogens with zero attached hydrogens (tertiary/aromatic N) is 1. The van der Waals surface area contributed by atoms with E-state index in [1.54, 1.807) is 0 Å². The van der Waals surface area contributed by atoms with Crippen LogP contribution in [0.2, 0.25) is 0 Å². The first kappa shape index (κ1) is 13.4. The summed E-state index contributed by atoms with van der Waals surface area (Å²) in [6, 6.07) is -0.160. The Balaban J connectivity index is 2.39. The highest BCUT2D eigenvalue weighted by molar-refractivity contribution is 7.09. The number of carbonyl (C=O) groups excluding carboxylic acids is 1. The molecule has 1 aromatic heterocycles. The van der Waals surface area contributed by atoms with Crippen LogP contribution in [-0.2, 0) is 6.54 Å². The van der Waals surface area contributed by atoms with Crippen LogP contribution in [0.3, 0.4) is 0 Å². The van der Waals surface area contributed by atoms with Crippen LogP contribution in [0.4, 0.5) is 4.79 Å². The Bertz CT molecular complexity index is 405. The third-order valence-electron chi connectivity index (χ3n) is 2.16. The summed E-state index contributed by atoms with van der Waals surface area (Å²) in [5, 5.41) is 16.1. The molecular weight excluding hydrogens is 242 g/mol. The number of thiazole rings is 1. The van der Waals surface area contributed by atoms with Crippen LogP contribution in [-0.4, -0.2) is 28.1 Å². The lowest BCUT2D eigenvalue weighted by Crippen LogP contribution is -2.40. The summed E-state index contributed by atoms with van der Waals surface area (Å²) in [5.74, 6) is -1.06. The van der Waals surface area contributed by atoms with E-state index < -0.39 is 5.97 Å². The van der Waals surface area contributed by atoms with Crippen LogP contribution in [0, 0.1) is 0 Å². The Hall–Kier alpha value is -1.63. The van der Waals surface area contributed by atoms with E-state index in [-0.39, 0.29) is 24.3 Å². The predicted octanol–water partition coefficient (Wildman–Crippen LogP) is 1.44. The lowest BCUT2D eigenvalue weighted by atomic mass is 10.3. The molecule has 0 aliphatic rings. The van der Waals surface area contributed by atoms with Gasteiger partial charge in [0.15, 0.2) is 5.69 Å². The van der Waals surface area contributed by atoms with E-state index in [2.05, 4.69) is 15.6 Å². The highest BCUT2D eigenvalue weighted by Gasteiger charge is 2.10. The van der Waals surface area contributed by atoms with Crippen LogP contribution in [0.1, 0.15) is 35.8 Å². The standard InChI is InChI=1S/C10H15N3O3S/c1-3-6(2)12-10(16)11-4-8-13-7(5-17-8)9(14)15/h5-6H,3-4H2,1-2H3,(H,14,15)(H2,11,12,16). The number of urea groups is 1. The van der Waals surface area contributed by atoms with Gasteiger partial charge in [0.1, 0.15) is 5.01 Å². The van der Waals surface area contributed by atoms with Crippen molar-refractivity contribution in [2.24, 2.45) is 0 Å². The van der Waals surface area contributed by atoms with Crippen molar-refractivity contribution in [2.75, 3.05) is 0 Å². The zero-order valence-electron chi connectivity index (χ0n) is 9.69. The van der Waals surface area contributed by atoms with Gasteiger partial charge in [-0.05, 0) is 13.3 Å². The molecule has 1 heterocycles. The van der Waals surface area contributed by atoms with Crippen molar-refractivity contribution in [3.8, 4) is 0 Å². The second-order valence-electron chi connectivity index (χ2n) is 3.57. The van der Waals surface area contributed by atoms with Gasteiger partial charge in [-0.3, -0.25) is 0 Å². The van der Waals surface area contributed by atoms with E-state index in [9.17, 15) is 9.59 Å². The largest absolute Gasteiger partial charge is 0.476 e. The smallest absolute Gasteiger partial charge is 0.355 e. The molecule has 0 radical (unpaired) electrons. The lowest BCUT2D eigenvalue weighted by molar-refractivity contribution is 0.0691. The molecule has 0 aromatic carbocycles. The van der Waals surface area contributed by atoms with Crippen LogP contribution in [0.25, 0.3) is 0 Å². The summed E-state index contributed by atoms with van der Waals surface area (Å²) in [6.45, 7) is 4.12. The highest BCUT2D eigenvalue weighted by Crippen LogP contribution is 2.09. The molecule has 0 bridgehead atoms. The Morgan fingerprint density at radius 1 is 1.59 bits per heavy atom. The molecule has 1 unspecified atom stereocenters. The molecule has 1 aromatic rings. The first-order valence-electron chi connectivity index (χ1n) is 5.25. The molecule has 3 N–H and O–H groups in total. The molecule has 7 heteroatoms. The number of carbonyl (C=O) groups is 2. The first-order chi connectivity index (χ1) is 8.02. The highest BCUT2D eigenvalue weighted by atomic mass is 32.1. The Kier molecular flexibility index (Phi) is 4.89. The van der Waals surface area contributed by atoms with Crippen LogP contribution in [0.5, 0.6) is 0 Å². The molecule has 0 fully saturated rings. The fourth-order valence-corrected chi connectivity index (χ4v) is 1.73. The number of rotatable bonds is 5. The molecule has 2 amide bonds. The van der Waals surface area contributed by atoms with E-state index in [4.69, 9.17) is 5.11 Å². The predicted molar refractivity (Wildman–Crippen MR) is 64.2 cm³/mol. The zero-order valence-corrected chi connectivity index (χ0v) is 10.5. The summed E-state index contributed by atoms with van der Waals surface area (Å²) in [4.78, 5) is 25.8. The van der Waals surface area contributed by atoms with Crippen molar-refractivity contribution in [2.45, 2.75) is 32.9 Å². The van der Waals surface area contributed by atoms with Crippen LogP contribution < -0.4 is 10.6 Å². The number of nitrogens with one attached hydrogen (secondary N) is 2. The minimum atomic E-state index is -1.06. The number of carboxylic acid groups (broad SMARTS) is 1. The number of hydrogen-bond acceptors (Lipinski definition) is 4. The van der Waals surface area contributed by atoms with E-state index in [0.717, 1.165) is 6.42 Å². The van der Waals surface area contributed by atoms with Gasteiger partial charge < -0.3 is 15.7 Å². The van der Waals surface area contributed by atoms with Gasteiger partial charge in [-0.25, -0.2) is 14.6 Å². The third kappa shape index (κ3) is 4.39. The maximum atomic E-state index is 11.4. The van der Waals surface area contributed by atoms with Gasteiger partial charge in [-0.2, -0.15) is 0 Å². The fraction of sp³-hybridized carbons (Fsp3) is 0.500. The molecule has 0 aliphatic heterocycles. The minimum Gasteiger partial charge on any atom is -0.476 e. The second kappa shape index (κ2) is 6.19. The molecule has 6 nitrogen and oxygen atoms in total. The van der Waals surface area contributed by atoms with E-state index >= 15 is 0 Å². The van der Waals surface area contributed by atoms with Crippen molar-refractivity contribution in [3.05, 3.63) is 16.1 Å². The summed E-state index contributed by atoms with van der Waals surface area (Å²) in [5.41, 5.74) is 0.00846. The van der Waals surface area contributed by atoms with Crippen molar-refractivity contribution in [3.63, 3.8) is 0 Å². The van der Waals surface area contributed by atoms with Gasteiger partial charge >= 0.3 is 12.0 Å². The van der Waals surface area contributed by atoms with Crippen molar-refractivity contribution in [1.82, 2.24) is 15.6 Å². The van der Waals surface area contributed by atoms with Crippen molar-refractivity contribution < 1.29 is 14.7 Å². The molecule has 1 rings (SSSR count). The zero-order chi connectivity index (χ0) is 12.8. The van der Waals surface area contributed by atoms with Gasteiger partial charge in [0, 0.05) is 11.4 Å². The average Bonchev–Trinajstić information content (AvgIpc) is 2.75. The number of hydrogen-bond donors (Lipinski definition) is 3. The summed E-state index contributed by atoms with van der Waals surface area (Å²) in [6.07, 6.45) is 0.855. The summed E-state index contributed by atoms with van der Waals surface area (Å²) < 4.78 is 0. The van der Waals surface area contributed by atoms with Gasteiger partial charge in [-0.1, -0.05) is 6.92 Å². The number of aromatic carboxylic acids is 1. The first-order valence-corrected chi connectivity index (χ1v) is 6.13. The molecule has 0 saturated carbocycles. The number of aromatic nitrogens is 1. The van der Waals surface area contributed by atoms with Gasteiger partial charge in [0.25, 0.3) is 0 Å². The van der Waals surface area contributed by atoms with Gasteiger partial charge in [-0.15, -0.1) is 11.3 Å². The quantitative estimate of drug-likeness (QED) is 0.744. The monoisotopic (exact) mass is 257 g/mol. The molecule has 94 valence electrons. The Morgan fingerprint density at radius 3 is 2.82 bits per heavy atom. The molecular formula is C10H15N3O3S. The normalized spacial score (nSPS) is 11.9. The summed E-state index contributed by atoms with van der Waals surface area (Å²) in [7, 11) is 0. The molecule has 1 atom stereocenters. The Labute approximate surface area is 103 Å². The third-order valence-corrected chi connectivity index (χ3v) is 3.01. The van der Waals surface area contributed by atoms with Crippen LogP contribution in [0.15, 0.2) is 5.38 Å². The van der Waals surface area contributed by atoms with Gasteiger partial charge in [0.05, 0.1) is 6.54 Å². The number of carboxylic acids is 1. The SMILES string of the molecule is CCC(C)NC(=O)NCc1nc(C(=O)O)cs1. The minimum absolute atomic E-state index is 0.00846. The molecule has 0 spiro atoms. The topological polar surface area (TPSA) is 91.3 Å². The summed E-state index contributed by atoms with van der Waals surface area (Å²) >= 11 is 1.21.